The van der Waals surface area contributed by atoms with E-state index in [2.05, 4.69) is 4.98 Å². The second-order valence-corrected chi connectivity index (χ2v) is 3.34. The highest BCUT2D eigenvalue weighted by Crippen LogP contribution is 2.27. The van der Waals surface area contributed by atoms with Crippen LogP contribution in [0.15, 0.2) is 17.1 Å². The van der Waals surface area contributed by atoms with Crippen molar-refractivity contribution in [3.8, 4) is 0 Å². The van der Waals surface area contributed by atoms with Gasteiger partial charge in [-0.25, -0.2) is 4.79 Å². The molecule has 0 spiro atoms. The number of rotatable bonds is 2. The highest BCUT2D eigenvalue weighted by atomic mass is 16.5. The number of aliphatic hydroxyl groups excluding tert-OH is 2. The van der Waals surface area contributed by atoms with Crippen molar-refractivity contribution >= 4 is 5.82 Å². The Morgan fingerprint density at radius 3 is 3.19 bits per heavy atom. The lowest BCUT2D eigenvalue weighted by Gasteiger charge is -2.13. The predicted molar refractivity (Wildman–Crippen MR) is 54.5 cm³/mol. The smallest absolute Gasteiger partial charge is 0.351 e. The second-order valence-electron chi connectivity index (χ2n) is 3.34. The fourth-order valence-electron chi connectivity index (χ4n) is 1.38. The third kappa shape index (κ3) is 1.92. The number of nitrogens with zero attached hydrogens (tertiary/aromatic N) is 2. The summed E-state index contributed by atoms with van der Waals surface area (Å²) in [5.74, 6) is -0.0152. The summed E-state index contributed by atoms with van der Waals surface area (Å²) in [4.78, 5) is 15.1. The Bertz CT molecular complexity index is 511. The van der Waals surface area contributed by atoms with Crippen molar-refractivity contribution in [1.29, 1.82) is 0 Å². The van der Waals surface area contributed by atoms with Crippen LogP contribution < -0.4 is 11.4 Å². The second kappa shape index (κ2) is 4.20. The van der Waals surface area contributed by atoms with Gasteiger partial charge in [-0.15, -0.1) is 0 Å². The molecule has 0 saturated carbocycles. The lowest BCUT2D eigenvalue weighted by molar-refractivity contribution is -0.0458. The summed E-state index contributed by atoms with van der Waals surface area (Å²) in [6.45, 7) is -0.547. The molecule has 7 heteroatoms. The van der Waals surface area contributed by atoms with Crippen molar-refractivity contribution in [2.24, 2.45) is 0 Å². The fraction of sp³-hybridized carbons (Fsp3) is 0.556. The van der Waals surface area contributed by atoms with Crippen LogP contribution >= 0.6 is 0 Å². The molecule has 88 valence electrons. The molecule has 0 unspecified atom stereocenters. The minimum Gasteiger partial charge on any atom is -0.394 e. The van der Waals surface area contributed by atoms with Gasteiger partial charge in [0.2, 0.25) is 0 Å². The summed E-state index contributed by atoms with van der Waals surface area (Å²) in [6.07, 6.45) is -4.86. The number of aromatic nitrogens is 2. The molecule has 1 fully saturated rings. The number of nitrogen functional groups attached to an aromatic ring is 1. The standard InChI is InChI=1S/C9H13N3O4/c10-7-1-2-12(9(15)11-7)8-3-5(14)6(4-13)16-8/h1-2,5-6,8,13-14H,3-4H2,(H2,10,11,15)/t5-,6+,8+/m0/s1/i3D,8D/t3-,5+,6-,8-/m1. The van der Waals surface area contributed by atoms with Gasteiger partial charge in [0.05, 0.1) is 14.1 Å². The maximum Gasteiger partial charge on any atom is 0.351 e. The molecule has 4 atom stereocenters. The first kappa shape index (κ1) is 8.68. The van der Waals surface area contributed by atoms with Gasteiger partial charge in [-0.1, -0.05) is 0 Å². The van der Waals surface area contributed by atoms with Crippen LogP contribution in [0.25, 0.3) is 0 Å². The van der Waals surface area contributed by atoms with Crippen LogP contribution in [0.4, 0.5) is 5.82 Å². The highest BCUT2D eigenvalue weighted by Gasteiger charge is 2.34. The highest BCUT2D eigenvalue weighted by molar-refractivity contribution is 5.23. The maximum atomic E-state index is 11.6. The van der Waals surface area contributed by atoms with E-state index < -0.39 is 37.1 Å². The van der Waals surface area contributed by atoms with Crippen LogP contribution in [-0.4, -0.2) is 38.6 Å². The van der Waals surface area contributed by atoms with E-state index in [0.29, 0.717) is 0 Å². The molecule has 1 aliphatic heterocycles. The Hall–Kier alpha value is -1.44. The number of hydrogen-bond donors (Lipinski definition) is 3. The zero-order valence-electron chi connectivity index (χ0n) is 10.3. The molecule has 2 rings (SSSR count). The fourth-order valence-corrected chi connectivity index (χ4v) is 1.38. The molecule has 0 aliphatic carbocycles. The number of anilines is 1. The molecule has 0 radical (unpaired) electrons. The number of nitrogens with two attached hydrogens (primary N) is 1. The third-order valence-electron chi connectivity index (χ3n) is 2.21. The molecule has 1 aromatic rings. The predicted octanol–water partition coefficient (Wildman–Crippen LogP) is -1.53. The van der Waals surface area contributed by atoms with Gasteiger partial charge in [-0.05, 0) is 6.07 Å². The van der Waals surface area contributed by atoms with Crippen LogP contribution in [0.5, 0.6) is 0 Å². The zero-order chi connectivity index (χ0) is 13.5. The average Bonchev–Trinajstić information content (AvgIpc) is 2.54. The van der Waals surface area contributed by atoms with E-state index in [0.717, 1.165) is 4.57 Å². The summed E-state index contributed by atoms with van der Waals surface area (Å²) in [5, 5.41) is 18.6. The molecule has 1 aliphatic rings. The van der Waals surface area contributed by atoms with E-state index in [9.17, 15) is 9.90 Å². The molecule has 0 amide bonds. The molecule has 0 aromatic carbocycles. The molecule has 2 heterocycles. The number of ether oxygens (including phenoxy) is 1. The minimum atomic E-state index is -2.13. The third-order valence-corrected chi connectivity index (χ3v) is 2.21. The first-order valence-electron chi connectivity index (χ1n) is 5.72. The van der Waals surface area contributed by atoms with Crippen molar-refractivity contribution in [3.05, 3.63) is 22.7 Å². The van der Waals surface area contributed by atoms with E-state index in [1.54, 1.807) is 0 Å². The summed E-state index contributed by atoms with van der Waals surface area (Å²) < 4.78 is 21.6. The topological polar surface area (TPSA) is 111 Å². The van der Waals surface area contributed by atoms with Crippen LogP contribution in [0.2, 0.25) is 0 Å². The molecular weight excluding hydrogens is 214 g/mol. The van der Waals surface area contributed by atoms with Crippen LogP contribution in [0.3, 0.4) is 0 Å². The summed E-state index contributed by atoms with van der Waals surface area (Å²) in [5.41, 5.74) is 4.47. The maximum absolute atomic E-state index is 11.6. The van der Waals surface area contributed by atoms with E-state index in [-0.39, 0.29) is 5.82 Å². The minimum absolute atomic E-state index is 0.0152. The number of hydrogen-bond acceptors (Lipinski definition) is 6. The Labute approximate surface area is 93.9 Å². The Kier molecular flexibility index (Phi) is 2.28. The van der Waals surface area contributed by atoms with Crippen molar-refractivity contribution in [2.75, 3.05) is 12.3 Å². The molecule has 1 saturated heterocycles. The molecule has 0 bridgehead atoms. The van der Waals surface area contributed by atoms with Crippen molar-refractivity contribution in [2.45, 2.75) is 24.8 Å². The van der Waals surface area contributed by atoms with E-state index in [4.69, 9.17) is 18.3 Å². The average molecular weight is 229 g/mol. The van der Waals surface area contributed by atoms with Gasteiger partial charge in [-0.3, -0.25) is 4.57 Å². The van der Waals surface area contributed by atoms with Crippen LogP contribution in [0.1, 0.15) is 15.3 Å². The summed E-state index contributed by atoms with van der Waals surface area (Å²) >= 11 is 0. The van der Waals surface area contributed by atoms with E-state index in [1.807, 2.05) is 0 Å². The largest absolute Gasteiger partial charge is 0.394 e. The Morgan fingerprint density at radius 2 is 2.62 bits per heavy atom. The molecule has 7 nitrogen and oxygen atoms in total. The van der Waals surface area contributed by atoms with E-state index >= 15 is 0 Å². The Balaban J connectivity index is 2.46. The Morgan fingerprint density at radius 1 is 1.88 bits per heavy atom. The zero-order valence-corrected chi connectivity index (χ0v) is 8.28. The van der Waals surface area contributed by atoms with Gasteiger partial charge in [0.1, 0.15) is 18.1 Å². The van der Waals surface area contributed by atoms with Crippen LogP contribution in [0, 0.1) is 0 Å². The molecular formula is C9H13N3O4. The lowest BCUT2D eigenvalue weighted by atomic mass is 10.2. The first-order chi connectivity index (χ1) is 8.40. The number of aliphatic hydroxyl groups is 2. The molecule has 4 N–H and O–H groups in total. The quantitative estimate of drug-likeness (QED) is 0.567. The van der Waals surface area contributed by atoms with Gasteiger partial charge >= 0.3 is 5.69 Å². The SMILES string of the molecule is [2H][C@@H]1[C@H](O)[C@@H](CO)O[C@@]1([2H])n1ccc(N)nc1=O. The summed E-state index contributed by atoms with van der Waals surface area (Å²) in [7, 11) is 0. The van der Waals surface area contributed by atoms with Crippen molar-refractivity contribution in [1.82, 2.24) is 9.55 Å². The van der Waals surface area contributed by atoms with Gasteiger partial charge in [0.15, 0.2) is 0 Å². The molecule has 1 aromatic heterocycles. The normalized spacial score (nSPS) is 40.5. The first-order valence-corrected chi connectivity index (χ1v) is 4.65. The van der Waals surface area contributed by atoms with Crippen molar-refractivity contribution < 1.29 is 17.7 Å². The summed E-state index contributed by atoms with van der Waals surface area (Å²) in [6, 6.07) is 1.28. The van der Waals surface area contributed by atoms with Crippen molar-refractivity contribution in [3.63, 3.8) is 0 Å². The van der Waals surface area contributed by atoms with Gasteiger partial charge in [-0.2, -0.15) is 4.98 Å². The lowest BCUT2D eigenvalue weighted by Crippen LogP contribution is -2.27. The van der Waals surface area contributed by atoms with Gasteiger partial charge in [0, 0.05) is 14.0 Å². The monoisotopic (exact) mass is 229 g/mol. The molecule has 16 heavy (non-hydrogen) atoms. The van der Waals surface area contributed by atoms with E-state index in [1.165, 1.54) is 12.3 Å². The van der Waals surface area contributed by atoms with Gasteiger partial charge in [0.25, 0.3) is 0 Å². The van der Waals surface area contributed by atoms with Gasteiger partial charge < -0.3 is 20.7 Å². The van der Waals surface area contributed by atoms with Crippen LogP contribution in [-0.2, 0) is 4.74 Å².